The Hall–Kier alpha value is -0.120. The molecule has 0 spiro atoms. The van der Waals surface area contributed by atoms with E-state index < -0.39 is 0 Å². The summed E-state index contributed by atoms with van der Waals surface area (Å²) in [7, 11) is 0. The van der Waals surface area contributed by atoms with Crippen molar-refractivity contribution in [2.75, 3.05) is 0 Å². The Bertz CT molecular complexity index is 492. The van der Waals surface area contributed by atoms with Crippen LogP contribution in [0.5, 0.6) is 0 Å². The third kappa shape index (κ3) is 2.58. The van der Waals surface area contributed by atoms with Crippen LogP contribution in [-0.2, 0) is 0 Å². The maximum Gasteiger partial charge on any atom is 0.0952 e. The van der Waals surface area contributed by atoms with Crippen LogP contribution in [0, 0.1) is 0 Å². The highest BCUT2D eigenvalue weighted by Crippen LogP contribution is 2.38. The first kappa shape index (κ1) is 12.3. The lowest BCUT2D eigenvalue weighted by molar-refractivity contribution is 1.41. The third-order valence-electron chi connectivity index (χ3n) is 2.36. The lowest BCUT2D eigenvalue weighted by atomic mass is 10.0. The van der Waals surface area contributed by atoms with E-state index in [9.17, 15) is 0 Å². The van der Waals surface area contributed by atoms with Crippen molar-refractivity contribution < 1.29 is 0 Å². The Labute approximate surface area is 120 Å². The van der Waals surface area contributed by atoms with Crippen molar-refractivity contribution in [3.05, 3.63) is 58.6 Å². The first-order valence-electron chi connectivity index (χ1n) is 4.82. The topological polar surface area (TPSA) is 0 Å². The van der Waals surface area contributed by atoms with Gasteiger partial charge >= 0.3 is 0 Å². The first-order chi connectivity index (χ1) is 7.70. The molecule has 0 amide bonds. The molecule has 16 heavy (non-hydrogen) atoms. The van der Waals surface area contributed by atoms with E-state index in [4.69, 9.17) is 0 Å². The molecule has 0 aliphatic carbocycles. The zero-order valence-corrected chi connectivity index (χ0v) is 13.1. The van der Waals surface area contributed by atoms with Gasteiger partial charge in [-0.25, -0.2) is 0 Å². The number of benzene rings is 2. The quantitative estimate of drug-likeness (QED) is 0.546. The minimum Gasteiger partial charge on any atom is -0.0712 e. The largest absolute Gasteiger partial charge is 0.0952 e. The van der Waals surface area contributed by atoms with Gasteiger partial charge in [0, 0.05) is 4.47 Å². The van der Waals surface area contributed by atoms with Gasteiger partial charge in [0.05, 0.1) is 3.74 Å². The smallest absolute Gasteiger partial charge is 0.0712 e. The molecule has 0 aromatic heterocycles. The second-order valence-electron chi connectivity index (χ2n) is 3.37. The predicted molar refractivity (Wildman–Crippen MR) is 80.2 cm³/mol. The van der Waals surface area contributed by atoms with Crippen LogP contribution in [0.25, 0.3) is 11.1 Å². The average molecular weight is 405 g/mol. The van der Waals surface area contributed by atoms with E-state index in [2.05, 4.69) is 78.1 Å². The van der Waals surface area contributed by atoms with Gasteiger partial charge in [0.2, 0.25) is 0 Å². The summed E-state index contributed by atoms with van der Waals surface area (Å²) in [5.41, 5.74) is 3.67. The summed E-state index contributed by atoms with van der Waals surface area (Å²) in [6.07, 6.45) is 0. The molecule has 0 N–H and O–H groups in total. The second-order valence-corrected chi connectivity index (χ2v) is 7.28. The van der Waals surface area contributed by atoms with Gasteiger partial charge in [0.25, 0.3) is 0 Å². The van der Waals surface area contributed by atoms with Crippen LogP contribution >= 0.6 is 47.8 Å². The molecule has 2 aromatic carbocycles. The summed E-state index contributed by atoms with van der Waals surface area (Å²) in [5.74, 6) is 0. The van der Waals surface area contributed by atoms with E-state index in [0.717, 1.165) is 4.47 Å². The molecule has 0 radical (unpaired) electrons. The van der Waals surface area contributed by atoms with Crippen LogP contribution in [-0.4, -0.2) is 0 Å². The van der Waals surface area contributed by atoms with E-state index in [0.29, 0.717) is 0 Å². The molecule has 0 aliphatic heterocycles. The minimum absolute atomic E-state index is 0.170. The number of alkyl halides is 2. The molecule has 0 unspecified atom stereocenters. The number of hydrogen-bond donors (Lipinski definition) is 0. The molecule has 2 aromatic rings. The maximum atomic E-state index is 3.59. The Morgan fingerprint density at radius 3 is 1.94 bits per heavy atom. The summed E-state index contributed by atoms with van der Waals surface area (Å²) >= 11 is 10.7. The van der Waals surface area contributed by atoms with Crippen molar-refractivity contribution in [3.8, 4) is 11.1 Å². The molecule has 0 atom stereocenters. The lowest BCUT2D eigenvalue weighted by Gasteiger charge is -2.11. The Morgan fingerprint density at radius 1 is 0.750 bits per heavy atom. The molecule has 0 nitrogen and oxygen atoms in total. The first-order valence-corrected chi connectivity index (χ1v) is 7.44. The van der Waals surface area contributed by atoms with Gasteiger partial charge in [-0.3, -0.25) is 0 Å². The standard InChI is InChI=1S/C13H9Br3/c14-12-8-4-3-6-10(12)9-5-1-2-7-11(9)13(15)16/h1-8,13H. The van der Waals surface area contributed by atoms with Gasteiger partial charge in [-0.15, -0.1) is 0 Å². The Kier molecular flexibility index (Phi) is 4.22. The monoisotopic (exact) mass is 402 g/mol. The van der Waals surface area contributed by atoms with Gasteiger partial charge in [-0.1, -0.05) is 90.3 Å². The number of halogens is 3. The fraction of sp³-hybridized carbons (Fsp3) is 0.0769. The van der Waals surface area contributed by atoms with Gasteiger partial charge in [0.15, 0.2) is 0 Å². The van der Waals surface area contributed by atoms with Gasteiger partial charge < -0.3 is 0 Å². The highest BCUT2D eigenvalue weighted by atomic mass is 79.9. The van der Waals surface area contributed by atoms with Crippen LogP contribution in [0.2, 0.25) is 0 Å². The SMILES string of the molecule is Brc1ccccc1-c1ccccc1C(Br)Br. The molecule has 0 bridgehead atoms. The van der Waals surface area contributed by atoms with Crippen molar-refractivity contribution in [3.63, 3.8) is 0 Å². The van der Waals surface area contributed by atoms with E-state index in [1.165, 1.54) is 16.7 Å². The predicted octanol–water partition coefficient (Wildman–Crippen LogP) is 5.90. The van der Waals surface area contributed by atoms with Crippen LogP contribution in [0.1, 0.15) is 9.30 Å². The van der Waals surface area contributed by atoms with Crippen LogP contribution < -0.4 is 0 Å². The Morgan fingerprint density at radius 2 is 1.31 bits per heavy atom. The number of rotatable bonds is 2. The summed E-state index contributed by atoms with van der Waals surface area (Å²) < 4.78 is 1.28. The van der Waals surface area contributed by atoms with E-state index in [1.807, 2.05) is 18.2 Å². The molecular weight excluding hydrogens is 396 g/mol. The van der Waals surface area contributed by atoms with Crippen molar-refractivity contribution in [2.45, 2.75) is 3.74 Å². The van der Waals surface area contributed by atoms with Crippen LogP contribution in [0.3, 0.4) is 0 Å². The normalized spacial score (nSPS) is 10.8. The summed E-state index contributed by atoms with van der Waals surface area (Å²) in [6.45, 7) is 0. The molecule has 0 aliphatic rings. The Balaban J connectivity index is 2.60. The van der Waals surface area contributed by atoms with Crippen molar-refractivity contribution in [1.82, 2.24) is 0 Å². The van der Waals surface area contributed by atoms with Crippen molar-refractivity contribution in [2.24, 2.45) is 0 Å². The molecule has 0 fully saturated rings. The molecule has 82 valence electrons. The lowest BCUT2D eigenvalue weighted by Crippen LogP contribution is -1.88. The summed E-state index contributed by atoms with van der Waals surface area (Å²) in [4.78, 5) is 0. The van der Waals surface area contributed by atoms with Gasteiger partial charge in [-0.2, -0.15) is 0 Å². The molecule has 0 saturated heterocycles. The van der Waals surface area contributed by atoms with E-state index >= 15 is 0 Å². The van der Waals surface area contributed by atoms with E-state index in [-0.39, 0.29) is 3.74 Å². The molecular formula is C13H9Br3. The van der Waals surface area contributed by atoms with E-state index in [1.54, 1.807) is 0 Å². The molecule has 0 saturated carbocycles. The number of hydrogen-bond acceptors (Lipinski definition) is 0. The fourth-order valence-corrected chi connectivity index (χ4v) is 2.91. The highest BCUT2D eigenvalue weighted by molar-refractivity contribution is 9.24. The maximum absolute atomic E-state index is 3.59. The zero-order valence-electron chi connectivity index (χ0n) is 8.33. The molecule has 2 rings (SSSR count). The van der Waals surface area contributed by atoms with Crippen LogP contribution in [0.4, 0.5) is 0 Å². The fourth-order valence-electron chi connectivity index (χ4n) is 1.61. The molecule has 0 heterocycles. The minimum atomic E-state index is 0.170. The molecule has 3 heteroatoms. The van der Waals surface area contributed by atoms with Crippen LogP contribution in [0.15, 0.2) is 53.0 Å². The third-order valence-corrected chi connectivity index (χ3v) is 4.04. The summed E-state index contributed by atoms with van der Waals surface area (Å²) in [6, 6.07) is 16.6. The van der Waals surface area contributed by atoms with Gasteiger partial charge in [-0.05, 0) is 22.8 Å². The average Bonchev–Trinajstić information content (AvgIpc) is 2.29. The second kappa shape index (κ2) is 5.48. The van der Waals surface area contributed by atoms with Gasteiger partial charge in [0.1, 0.15) is 0 Å². The summed E-state index contributed by atoms with van der Waals surface area (Å²) in [5, 5.41) is 0. The highest BCUT2D eigenvalue weighted by Gasteiger charge is 2.11. The van der Waals surface area contributed by atoms with Crippen molar-refractivity contribution in [1.29, 1.82) is 0 Å². The zero-order chi connectivity index (χ0) is 11.5. The van der Waals surface area contributed by atoms with Crippen molar-refractivity contribution >= 4 is 47.8 Å².